The predicted octanol–water partition coefficient (Wildman–Crippen LogP) is 5.59. The van der Waals surface area contributed by atoms with Crippen LogP contribution < -0.4 is 0 Å². The normalized spacial score (nSPS) is 28.8. The molecule has 2 unspecified atom stereocenters. The van der Waals surface area contributed by atoms with Crippen LogP contribution >= 0.6 is 0 Å². The van der Waals surface area contributed by atoms with E-state index in [-0.39, 0.29) is 0 Å². The Morgan fingerprint density at radius 3 is 2.17 bits per heavy atom. The van der Waals surface area contributed by atoms with Crippen LogP contribution in [0.15, 0.2) is 30.3 Å². The molecule has 1 aromatic carbocycles. The smallest absolute Gasteiger partial charge is 0.192 e. The molecule has 3 heteroatoms. The van der Waals surface area contributed by atoms with E-state index in [1.54, 1.807) is 0 Å². The van der Waals surface area contributed by atoms with E-state index in [1.807, 2.05) is 0 Å². The third kappa shape index (κ3) is 3.95. The summed E-state index contributed by atoms with van der Waals surface area (Å²) in [5.74, 6) is 0. The minimum atomic E-state index is -1.65. The molecule has 0 radical (unpaired) electrons. The first-order valence-corrected chi connectivity index (χ1v) is 12.6. The lowest BCUT2D eigenvalue weighted by molar-refractivity contribution is -0.0264. The lowest BCUT2D eigenvalue weighted by atomic mass is 9.82. The zero-order valence-corrected chi connectivity index (χ0v) is 17.2. The summed E-state index contributed by atoms with van der Waals surface area (Å²) >= 11 is 0. The van der Waals surface area contributed by atoms with E-state index in [2.05, 4.69) is 69.1 Å². The minimum Gasteiger partial charge on any atom is -0.414 e. The average molecular weight is 346 g/mol. The molecule has 134 valence electrons. The summed E-state index contributed by atoms with van der Waals surface area (Å²) < 4.78 is 6.79. The maximum absolute atomic E-state index is 6.79. The number of piperidine rings is 2. The van der Waals surface area contributed by atoms with Gasteiger partial charge in [0.05, 0.1) is 0 Å². The zero-order valence-electron chi connectivity index (χ0n) is 16.2. The van der Waals surface area contributed by atoms with Crippen molar-refractivity contribution in [2.75, 3.05) is 0 Å². The van der Waals surface area contributed by atoms with Crippen molar-refractivity contribution in [1.82, 2.24) is 4.90 Å². The Balaban J connectivity index is 1.67. The first kappa shape index (κ1) is 18.2. The third-order valence-electron chi connectivity index (χ3n) is 6.56. The van der Waals surface area contributed by atoms with Gasteiger partial charge in [0.1, 0.15) is 0 Å². The molecule has 2 aliphatic heterocycles. The van der Waals surface area contributed by atoms with E-state index in [0.717, 1.165) is 6.54 Å². The van der Waals surface area contributed by atoms with Gasteiger partial charge in [0.25, 0.3) is 0 Å². The minimum absolute atomic E-state index is 0.309. The van der Waals surface area contributed by atoms with Gasteiger partial charge in [0.15, 0.2) is 8.32 Å². The summed E-state index contributed by atoms with van der Waals surface area (Å²) in [6.45, 7) is 13.0. The first-order valence-electron chi connectivity index (χ1n) is 9.74. The Bertz CT molecular complexity index is 523. The van der Waals surface area contributed by atoms with Crippen LogP contribution in [0.4, 0.5) is 0 Å². The zero-order chi connectivity index (χ0) is 17.4. The van der Waals surface area contributed by atoms with Crippen molar-refractivity contribution >= 4 is 8.32 Å². The SMILES string of the molecule is CC(C)(C)[Si](C)(C)OC1CC2CCCC(C1)N2Cc1ccccc1. The van der Waals surface area contributed by atoms with E-state index >= 15 is 0 Å². The number of benzene rings is 1. The average Bonchev–Trinajstić information content (AvgIpc) is 2.47. The molecule has 2 saturated heterocycles. The molecule has 0 saturated carbocycles. The van der Waals surface area contributed by atoms with Crippen LogP contribution in [-0.4, -0.2) is 31.4 Å². The van der Waals surface area contributed by atoms with Gasteiger partial charge in [-0.25, -0.2) is 0 Å². The Kier molecular flexibility index (Phi) is 5.24. The van der Waals surface area contributed by atoms with E-state index in [4.69, 9.17) is 4.43 Å². The van der Waals surface area contributed by atoms with Crippen molar-refractivity contribution in [3.05, 3.63) is 35.9 Å². The Morgan fingerprint density at radius 2 is 1.62 bits per heavy atom. The van der Waals surface area contributed by atoms with Gasteiger partial charge in [0, 0.05) is 24.7 Å². The molecule has 2 aliphatic rings. The van der Waals surface area contributed by atoms with Gasteiger partial charge in [-0.05, 0) is 49.4 Å². The molecule has 2 heterocycles. The lowest BCUT2D eigenvalue weighted by Crippen LogP contribution is -2.55. The van der Waals surface area contributed by atoms with Gasteiger partial charge in [0.2, 0.25) is 0 Å². The largest absolute Gasteiger partial charge is 0.414 e. The number of nitrogens with zero attached hydrogens (tertiary/aromatic N) is 1. The molecule has 2 atom stereocenters. The summed E-state index contributed by atoms with van der Waals surface area (Å²) in [5.41, 5.74) is 1.46. The maximum atomic E-state index is 6.79. The second-order valence-electron chi connectivity index (χ2n) is 9.37. The van der Waals surface area contributed by atoms with E-state index in [9.17, 15) is 0 Å². The van der Waals surface area contributed by atoms with Crippen LogP contribution in [0.3, 0.4) is 0 Å². The number of rotatable bonds is 4. The fourth-order valence-corrected chi connectivity index (χ4v) is 5.55. The van der Waals surface area contributed by atoms with Crippen LogP contribution in [0.1, 0.15) is 58.4 Å². The highest BCUT2D eigenvalue weighted by atomic mass is 28.4. The van der Waals surface area contributed by atoms with Gasteiger partial charge in [-0.2, -0.15) is 0 Å². The highest BCUT2D eigenvalue weighted by molar-refractivity contribution is 6.74. The van der Waals surface area contributed by atoms with Crippen LogP contribution in [0.25, 0.3) is 0 Å². The molecule has 0 amide bonds. The molecular weight excluding hydrogens is 310 g/mol. The molecule has 2 fully saturated rings. The van der Waals surface area contributed by atoms with Gasteiger partial charge in [-0.1, -0.05) is 57.5 Å². The molecule has 0 N–H and O–H groups in total. The van der Waals surface area contributed by atoms with Crippen molar-refractivity contribution in [3.8, 4) is 0 Å². The van der Waals surface area contributed by atoms with Crippen molar-refractivity contribution in [2.45, 2.75) is 95.7 Å². The Morgan fingerprint density at radius 1 is 1.04 bits per heavy atom. The number of hydrogen-bond acceptors (Lipinski definition) is 2. The lowest BCUT2D eigenvalue weighted by Gasteiger charge is -2.51. The summed E-state index contributed by atoms with van der Waals surface area (Å²) in [6.07, 6.45) is 7.04. The molecule has 2 bridgehead atoms. The standard InChI is InChI=1S/C21H35NOSi/c1-21(2,3)24(4,5)23-20-14-18-12-9-13-19(15-20)22(18)16-17-10-7-6-8-11-17/h6-8,10-11,18-20H,9,12-16H2,1-5H3. The van der Waals surface area contributed by atoms with Crippen LogP contribution in [-0.2, 0) is 11.0 Å². The predicted molar refractivity (Wildman–Crippen MR) is 105 cm³/mol. The molecule has 0 spiro atoms. The van der Waals surface area contributed by atoms with Gasteiger partial charge in [-0.3, -0.25) is 4.90 Å². The topological polar surface area (TPSA) is 12.5 Å². The molecule has 0 aliphatic carbocycles. The van der Waals surface area contributed by atoms with Crippen molar-refractivity contribution in [2.24, 2.45) is 0 Å². The van der Waals surface area contributed by atoms with E-state index < -0.39 is 8.32 Å². The molecular formula is C21H35NOSi. The van der Waals surface area contributed by atoms with Gasteiger partial charge >= 0.3 is 0 Å². The molecule has 2 nitrogen and oxygen atoms in total. The number of hydrogen-bond donors (Lipinski definition) is 0. The molecule has 1 aromatic rings. The van der Waals surface area contributed by atoms with Gasteiger partial charge in [-0.15, -0.1) is 0 Å². The van der Waals surface area contributed by atoms with Gasteiger partial charge < -0.3 is 4.43 Å². The van der Waals surface area contributed by atoms with Crippen LogP contribution in [0.2, 0.25) is 18.1 Å². The van der Waals surface area contributed by atoms with Crippen LogP contribution in [0, 0.1) is 0 Å². The van der Waals surface area contributed by atoms with E-state index in [1.165, 1.54) is 37.7 Å². The fourth-order valence-electron chi connectivity index (χ4n) is 4.17. The summed E-state index contributed by atoms with van der Waals surface area (Å²) in [5, 5.41) is 0.309. The molecule has 0 aromatic heterocycles. The maximum Gasteiger partial charge on any atom is 0.192 e. The molecule has 3 rings (SSSR count). The Hall–Kier alpha value is -0.643. The van der Waals surface area contributed by atoms with E-state index in [0.29, 0.717) is 23.2 Å². The quantitative estimate of drug-likeness (QED) is 0.659. The summed E-state index contributed by atoms with van der Waals surface area (Å²) in [7, 11) is -1.65. The highest BCUT2D eigenvalue weighted by Crippen LogP contribution is 2.42. The van der Waals surface area contributed by atoms with Crippen molar-refractivity contribution in [3.63, 3.8) is 0 Å². The summed E-state index contributed by atoms with van der Waals surface area (Å²) in [4.78, 5) is 2.78. The van der Waals surface area contributed by atoms with Crippen molar-refractivity contribution in [1.29, 1.82) is 0 Å². The monoisotopic (exact) mass is 345 g/mol. The highest BCUT2D eigenvalue weighted by Gasteiger charge is 2.44. The third-order valence-corrected chi connectivity index (χ3v) is 11.1. The molecule has 24 heavy (non-hydrogen) atoms. The second kappa shape index (κ2) is 6.93. The first-order chi connectivity index (χ1) is 11.3. The van der Waals surface area contributed by atoms with Crippen LogP contribution in [0.5, 0.6) is 0 Å². The fraction of sp³-hybridized carbons (Fsp3) is 0.714. The van der Waals surface area contributed by atoms with Crippen molar-refractivity contribution < 1.29 is 4.43 Å². The Labute approximate surface area is 149 Å². The number of fused-ring (bicyclic) bond motifs is 2. The second-order valence-corrected chi connectivity index (χ2v) is 14.1. The summed E-state index contributed by atoms with van der Waals surface area (Å²) in [6, 6.07) is 12.4.